The lowest BCUT2D eigenvalue weighted by Gasteiger charge is -2.34. The van der Waals surface area contributed by atoms with Gasteiger partial charge in [-0.3, -0.25) is 9.89 Å². The van der Waals surface area contributed by atoms with Crippen molar-refractivity contribution < 1.29 is 18.6 Å². The molecule has 0 aromatic heterocycles. The Kier molecular flexibility index (Phi) is 11.0. The number of anilines is 1. The number of methoxy groups -OCH3 is 2. The van der Waals surface area contributed by atoms with Crippen LogP contribution in [0.3, 0.4) is 0 Å². The summed E-state index contributed by atoms with van der Waals surface area (Å²) in [4.78, 5) is 7.10. The van der Waals surface area contributed by atoms with Crippen LogP contribution in [0.1, 0.15) is 18.5 Å². The maximum absolute atomic E-state index is 13.9. The number of morpholine rings is 1. The molecule has 1 heterocycles. The number of rotatable bonds is 8. The second-order valence-electron chi connectivity index (χ2n) is 7.13. The summed E-state index contributed by atoms with van der Waals surface area (Å²) in [6.45, 7) is 6.11. The molecule has 176 valence electrons. The number of ether oxygens (including phenoxy) is 3. The minimum atomic E-state index is -0.241. The van der Waals surface area contributed by atoms with Gasteiger partial charge in [0.25, 0.3) is 0 Å². The van der Waals surface area contributed by atoms with E-state index in [2.05, 4.69) is 15.5 Å². The molecule has 1 aliphatic rings. The Morgan fingerprint density at radius 1 is 1.12 bits per heavy atom. The lowest BCUT2D eigenvalue weighted by Crippen LogP contribution is -2.41. The standard InChI is InChI=1S/C23H31FN4O3.HI/c1-4-25-23(27-19-8-9-21(29-2)22(15-19)30-3)26-16-20(28-10-12-31-13-11-28)17-6-5-7-18(24)14-17;/h5-9,14-15,20H,4,10-13,16H2,1-3H3,(H2,25,26,27);1H. The van der Waals surface area contributed by atoms with Crippen molar-refractivity contribution >= 4 is 35.6 Å². The fourth-order valence-corrected chi connectivity index (χ4v) is 3.57. The van der Waals surface area contributed by atoms with Gasteiger partial charge in [-0.1, -0.05) is 12.1 Å². The number of hydrogen-bond donors (Lipinski definition) is 2. The maximum atomic E-state index is 13.9. The quantitative estimate of drug-likeness (QED) is 0.291. The molecule has 2 aromatic carbocycles. The van der Waals surface area contributed by atoms with Crippen LogP contribution in [0.5, 0.6) is 11.5 Å². The van der Waals surface area contributed by atoms with Gasteiger partial charge in [0.1, 0.15) is 5.82 Å². The molecule has 0 spiro atoms. The fourth-order valence-electron chi connectivity index (χ4n) is 3.57. The fraction of sp³-hybridized carbons (Fsp3) is 0.435. The Balaban J connectivity index is 0.00000363. The largest absolute Gasteiger partial charge is 0.493 e. The molecular formula is C23H32FIN4O3. The van der Waals surface area contributed by atoms with Crippen molar-refractivity contribution in [2.45, 2.75) is 13.0 Å². The van der Waals surface area contributed by atoms with Crippen LogP contribution in [0.25, 0.3) is 0 Å². The lowest BCUT2D eigenvalue weighted by molar-refractivity contribution is 0.0179. The van der Waals surface area contributed by atoms with Gasteiger partial charge in [0, 0.05) is 31.4 Å². The van der Waals surface area contributed by atoms with Gasteiger partial charge >= 0.3 is 0 Å². The molecule has 7 nitrogen and oxygen atoms in total. The van der Waals surface area contributed by atoms with Crippen molar-refractivity contribution in [3.63, 3.8) is 0 Å². The lowest BCUT2D eigenvalue weighted by atomic mass is 10.0. The minimum Gasteiger partial charge on any atom is -0.493 e. The first-order chi connectivity index (χ1) is 15.1. The van der Waals surface area contributed by atoms with Gasteiger partial charge in [-0.15, -0.1) is 24.0 Å². The summed E-state index contributed by atoms with van der Waals surface area (Å²) in [6, 6.07) is 12.3. The molecule has 0 aliphatic carbocycles. The molecule has 0 radical (unpaired) electrons. The van der Waals surface area contributed by atoms with Gasteiger partial charge < -0.3 is 24.8 Å². The van der Waals surface area contributed by atoms with Crippen LogP contribution >= 0.6 is 24.0 Å². The van der Waals surface area contributed by atoms with Crippen LogP contribution in [0.4, 0.5) is 10.1 Å². The number of aliphatic imine (C=N–C) groups is 1. The molecule has 1 unspecified atom stereocenters. The van der Waals surface area contributed by atoms with Crippen LogP contribution in [0, 0.1) is 5.82 Å². The van der Waals surface area contributed by atoms with E-state index in [9.17, 15) is 4.39 Å². The van der Waals surface area contributed by atoms with Gasteiger partial charge in [-0.05, 0) is 36.8 Å². The van der Waals surface area contributed by atoms with Crippen molar-refractivity contribution in [1.29, 1.82) is 0 Å². The summed E-state index contributed by atoms with van der Waals surface area (Å²) in [5.74, 6) is 1.70. The number of nitrogens with one attached hydrogen (secondary N) is 2. The highest BCUT2D eigenvalue weighted by molar-refractivity contribution is 14.0. The zero-order valence-corrected chi connectivity index (χ0v) is 21.1. The van der Waals surface area contributed by atoms with Crippen molar-refractivity contribution in [3.05, 3.63) is 53.8 Å². The van der Waals surface area contributed by atoms with Crippen molar-refractivity contribution in [2.75, 3.05) is 58.9 Å². The van der Waals surface area contributed by atoms with E-state index in [4.69, 9.17) is 19.2 Å². The minimum absolute atomic E-state index is 0. The first-order valence-corrected chi connectivity index (χ1v) is 10.5. The maximum Gasteiger partial charge on any atom is 0.195 e. The number of nitrogens with zero attached hydrogens (tertiary/aromatic N) is 2. The molecule has 32 heavy (non-hydrogen) atoms. The summed E-state index contributed by atoms with van der Waals surface area (Å²) in [5, 5.41) is 6.58. The molecule has 0 amide bonds. The highest BCUT2D eigenvalue weighted by Gasteiger charge is 2.23. The molecule has 2 N–H and O–H groups in total. The van der Waals surface area contributed by atoms with Crippen LogP contribution in [-0.2, 0) is 4.74 Å². The highest BCUT2D eigenvalue weighted by atomic mass is 127. The van der Waals surface area contributed by atoms with E-state index in [0.29, 0.717) is 43.8 Å². The highest BCUT2D eigenvalue weighted by Crippen LogP contribution is 2.30. The van der Waals surface area contributed by atoms with E-state index >= 15 is 0 Å². The van der Waals surface area contributed by atoms with Gasteiger partial charge in [-0.25, -0.2) is 4.39 Å². The number of guanidine groups is 1. The Bertz CT molecular complexity index is 878. The van der Waals surface area contributed by atoms with Gasteiger partial charge in [0.15, 0.2) is 17.5 Å². The average Bonchev–Trinajstić information content (AvgIpc) is 2.80. The van der Waals surface area contributed by atoms with Crippen molar-refractivity contribution in [3.8, 4) is 11.5 Å². The second kappa shape index (κ2) is 13.4. The third kappa shape index (κ3) is 7.21. The van der Waals surface area contributed by atoms with E-state index in [1.54, 1.807) is 26.4 Å². The van der Waals surface area contributed by atoms with E-state index in [1.165, 1.54) is 6.07 Å². The summed E-state index contributed by atoms with van der Waals surface area (Å²) in [7, 11) is 3.21. The molecule has 0 bridgehead atoms. The van der Waals surface area contributed by atoms with Crippen molar-refractivity contribution in [1.82, 2.24) is 10.2 Å². The molecule has 0 saturated carbocycles. The summed E-state index contributed by atoms with van der Waals surface area (Å²) >= 11 is 0. The zero-order valence-electron chi connectivity index (χ0n) is 18.8. The molecule has 1 aliphatic heterocycles. The summed E-state index contributed by atoms with van der Waals surface area (Å²) < 4.78 is 30.1. The van der Waals surface area contributed by atoms with Crippen LogP contribution in [0.15, 0.2) is 47.5 Å². The Hall–Kier alpha value is -2.11. The van der Waals surface area contributed by atoms with E-state index < -0.39 is 0 Å². The third-order valence-electron chi connectivity index (χ3n) is 5.13. The predicted octanol–water partition coefficient (Wildman–Crippen LogP) is 3.91. The summed E-state index contributed by atoms with van der Waals surface area (Å²) in [5.41, 5.74) is 1.73. The number of halogens is 2. The molecule has 9 heteroatoms. The second-order valence-corrected chi connectivity index (χ2v) is 7.13. The molecule has 1 fully saturated rings. The van der Waals surface area contributed by atoms with Crippen molar-refractivity contribution in [2.24, 2.45) is 4.99 Å². The van der Waals surface area contributed by atoms with Crippen LogP contribution in [-0.4, -0.2) is 64.5 Å². The molecule has 2 aromatic rings. The first kappa shape index (κ1) is 26.1. The zero-order chi connectivity index (χ0) is 22.1. The van der Waals surface area contributed by atoms with Crippen LogP contribution in [0.2, 0.25) is 0 Å². The Morgan fingerprint density at radius 3 is 2.53 bits per heavy atom. The molecule has 1 atom stereocenters. The predicted molar refractivity (Wildman–Crippen MR) is 136 cm³/mol. The SMILES string of the molecule is CCNC(=NCC(c1cccc(F)c1)N1CCOCC1)Nc1ccc(OC)c(OC)c1.I. The third-order valence-corrected chi connectivity index (χ3v) is 5.13. The Morgan fingerprint density at radius 2 is 1.88 bits per heavy atom. The molecule has 1 saturated heterocycles. The van der Waals surface area contributed by atoms with Gasteiger partial charge in [0.05, 0.1) is 40.0 Å². The van der Waals surface area contributed by atoms with Gasteiger partial charge in [0.2, 0.25) is 0 Å². The van der Waals surface area contributed by atoms with Crippen LogP contribution < -0.4 is 20.1 Å². The topological polar surface area (TPSA) is 67.4 Å². The van der Waals surface area contributed by atoms with Gasteiger partial charge in [-0.2, -0.15) is 0 Å². The van der Waals surface area contributed by atoms with E-state index in [1.807, 2.05) is 31.2 Å². The summed E-state index contributed by atoms with van der Waals surface area (Å²) in [6.07, 6.45) is 0. The average molecular weight is 558 g/mol. The number of hydrogen-bond acceptors (Lipinski definition) is 5. The van der Waals surface area contributed by atoms with E-state index in [0.717, 1.165) is 24.3 Å². The molecular weight excluding hydrogens is 526 g/mol. The first-order valence-electron chi connectivity index (χ1n) is 10.5. The molecule has 3 rings (SSSR count). The number of benzene rings is 2. The van der Waals surface area contributed by atoms with E-state index in [-0.39, 0.29) is 35.8 Å². The smallest absolute Gasteiger partial charge is 0.195 e. The monoisotopic (exact) mass is 558 g/mol. The normalized spacial score (nSPS) is 15.4. The Labute approximate surface area is 206 Å².